The highest BCUT2D eigenvalue weighted by Gasteiger charge is 2.38. The van der Waals surface area contributed by atoms with Gasteiger partial charge in [0.15, 0.2) is 0 Å². The zero-order valence-corrected chi connectivity index (χ0v) is 19.8. The van der Waals surface area contributed by atoms with Gasteiger partial charge >= 0.3 is 10.2 Å². The molecule has 1 amide bonds. The van der Waals surface area contributed by atoms with Crippen LogP contribution in [-0.4, -0.2) is 69.0 Å². The summed E-state index contributed by atoms with van der Waals surface area (Å²) < 4.78 is 40.7. The monoisotopic (exact) mass is 471 g/mol. The minimum absolute atomic E-state index is 0.0508. The summed E-state index contributed by atoms with van der Waals surface area (Å²) >= 11 is 0. The van der Waals surface area contributed by atoms with Crippen molar-refractivity contribution >= 4 is 21.8 Å². The maximum absolute atomic E-state index is 13.1. The molecule has 1 saturated heterocycles. The molecule has 0 aromatic heterocycles. The number of rotatable bonds is 7. The molecule has 2 atom stereocenters. The largest absolute Gasteiger partial charge is 0.486 e. The lowest BCUT2D eigenvalue weighted by Gasteiger charge is -2.20. The number of anilines is 1. The third kappa shape index (κ3) is 5.21. The fourth-order valence-corrected chi connectivity index (χ4v) is 5.18. The van der Waals surface area contributed by atoms with Crippen LogP contribution in [0.3, 0.4) is 0 Å². The first-order valence-electron chi connectivity index (χ1n) is 10.9. The number of carbonyl (C=O) groups is 1. The molecule has 0 unspecified atom stereocenters. The maximum Gasteiger partial charge on any atom is 0.302 e. The van der Waals surface area contributed by atoms with Gasteiger partial charge in [0, 0.05) is 31.8 Å². The Morgan fingerprint density at radius 2 is 1.76 bits per heavy atom. The second-order valence-electron chi connectivity index (χ2n) is 8.38. The third-order valence-corrected chi connectivity index (χ3v) is 7.39. The lowest BCUT2D eigenvalue weighted by Crippen LogP contribution is -2.34. The number of amides is 1. The van der Waals surface area contributed by atoms with Crippen molar-refractivity contribution < 1.29 is 22.7 Å². The molecule has 4 rings (SSSR count). The van der Waals surface area contributed by atoms with Crippen LogP contribution in [0.15, 0.2) is 54.6 Å². The number of likely N-dealkylation sites (tertiary alicyclic amines) is 1. The Hall–Kier alpha value is -2.88. The summed E-state index contributed by atoms with van der Waals surface area (Å²) in [5.74, 6) is 0.452. The van der Waals surface area contributed by atoms with Crippen LogP contribution in [0.5, 0.6) is 5.75 Å². The quantitative estimate of drug-likeness (QED) is 0.628. The van der Waals surface area contributed by atoms with Gasteiger partial charge < -0.3 is 14.4 Å². The summed E-state index contributed by atoms with van der Waals surface area (Å²) in [6.45, 7) is 5.39. The van der Waals surface area contributed by atoms with Crippen LogP contribution < -0.4 is 9.46 Å². The summed E-state index contributed by atoms with van der Waals surface area (Å²) in [4.78, 5) is 14.9. The van der Waals surface area contributed by atoms with Crippen LogP contribution in [0.4, 0.5) is 5.69 Å². The van der Waals surface area contributed by atoms with E-state index in [9.17, 15) is 13.2 Å². The van der Waals surface area contributed by atoms with Crippen molar-refractivity contribution in [2.45, 2.75) is 26.1 Å². The van der Waals surface area contributed by atoms with Gasteiger partial charge in [0.2, 0.25) is 0 Å². The van der Waals surface area contributed by atoms with Crippen molar-refractivity contribution in [3.63, 3.8) is 0 Å². The lowest BCUT2D eigenvalue weighted by molar-refractivity contribution is 0.0340. The van der Waals surface area contributed by atoms with Gasteiger partial charge in [-0.15, -0.1) is 0 Å². The van der Waals surface area contributed by atoms with Crippen molar-refractivity contribution in [2.75, 3.05) is 38.0 Å². The highest BCUT2D eigenvalue weighted by molar-refractivity contribution is 7.90. The average molecular weight is 472 g/mol. The summed E-state index contributed by atoms with van der Waals surface area (Å²) in [6.07, 6.45) is 2.96. The van der Waals surface area contributed by atoms with Crippen LogP contribution in [0.25, 0.3) is 0 Å². The zero-order valence-electron chi connectivity index (χ0n) is 19.0. The number of nitrogens with zero attached hydrogens (tertiary/aromatic N) is 2. The fraction of sp³-hybridized carbons (Fsp3) is 0.375. The molecule has 2 heterocycles. The average Bonchev–Trinajstić information content (AvgIpc) is 3.46. The molecule has 8 nitrogen and oxygen atoms in total. The van der Waals surface area contributed by atoms with Gasteiger partial charge in [-0.1, -0.05) is 35.9 Å². The van der Waals surface area contributed by atoms with Crippen LogP contribution in [0.2, 0.25) is 0 Å². The zero-order chi connectivity index (χ0) is 23.6. The Balaban J connectivity index is 1.45. The molecule has 2 aromatic carbocycles. The summed E-state index contributed by atoms with van der Waals surface area (Å²) in [7, 11) is -2.04. The van der Waals surface area contributed by atoms with Crippen LogP contribution in [0, 0.1) is 13.8 Å². The highest BCUT2D eigenvalue weighted by atomic mass is 32.2. The van der Waals surface area contributed by atoms with Crippen molar-refractivity contribution in [1.29, 1.82) is 0 Å². The molecule has 0 bridgehead atoms. The number of hydrogen-bond acceptors (Lipinski definition) is 5. The number of carbonyl (C=O) groups excluding carboxylic acids is 1. The van der Waals surface area contributed by atoms with E-state index in [0.717, 1.165) is 11.1 Å². The SMILES string of the molecule is CO[C@@H]1CN(C(=O)c2cc(C)ccc2C)C[C@H]1Oc1cccc(NS(=O)(=O)N2CC=CC2)c1. The van der Waals surface area contributed by atoms with Crippen LogP contribution >= 0.6 is 0 Å². The molecule has 33 heavy (non-hydrogen) atoms. The van der Waals surface area contributed by atoms with E-state index < -0.39 is 10.2 Å². The summed E-state index contributed by atoms with van der Waals surface area (Å²) in [6, 6.07) is 12.6. The number of nitrogens with one attached hydrogen (secondary N) is 1. The van der Waals surface area contributed by atoms with Gasteiger partial charge in [-0.05, 0) is 37.6 Å². The standard InChI is InChI=1S/C24H29N3O5S/c1-17-9-10-18(2)21(13-17)24(28)26-15-22(31-3)23(16-26)32-20-8-6-7-19(14-20)25-33(29,30)27-11-4-5-12-27/h4-10,13-14,22-23,25H,11-12,15-16H2,1-3H3/t22-,23-/m1/s1. The van der Waals surface area contributed by atoms with Crippen molar-refractivity contribution in [3.05, 3.63) is 71.3 Å². The molecule has 2 aliphatic rings. The second-order valence-corrected chi connectivity index (χ2v) is 10.1. The predicted molar refractivity (Wildman–Crippen MR) is 127 cm³/mol. The van der Waals surface area contributed by atoms with E-state index >= 15 is 0 Å². The topological polar surface area (TPSA) is 88.2 Å². The number of methoxy groups -OCH3 is 1. The van der Waals surface area contributed by atoms with Crippen molar-refractivity contribution in [1.82, 2.24) is 9.21 Å². The first-order chi connectivity index (χ1) is 15.8. The highest BCUT2D eigenvalue weighted by Crippen LogP contribution is 2.26. The predicted octanol–water partition coefficient (Wildman–Crippen LogP) is 2.75. The van der Waals surface area contributed by atoms with Gasteiger partial charge in [-0.3, -0.25) is 9.52 Å². The Bertz CT molecular complexity index is 1160. The Kier molecular flexibility index (Phi) is 6.73. The molecule has 0 saturated carbocycles. The van der Waals surface area contributed by atoms with Gasteiger partial charge in [-0.25, -0.2) is 0 Å². The van der Waals surface area contributed by atoms with Crippen LogP contribution in [0.1, 0.15) is 21.5 Å². The van der Waals surface area contributed by atoms with E-state index in [0.29, 0.717) is 43.2 Å². The maximum atomic E-state index is 13.1. The van der Waals surface area contributed by atoms with E-state index in [-0.39, 0.29) is 18.1 Å². The molecule has 0 spiro atoms. The molecule has 1 N–H and O–H groups in total. The summed E-state index contributed by atoms with van der Waals surface area (Å²) in [5, 5.41) is 0. The number of ether oxygens (including phenoxy) is 2. The minimum Gasteiger partial charge on any atom is -0.486 e. The van der Waals surface area contributed by atoms with E-state index in [1.807, 2.05) is 44.2 Å². The molecule has 176 valence electrons. The molecule has 2 aromatic rings. The Morgan fingerprint density at radius 1 is 1.03 bits per heavy atom. The van der Waals surface area contributed by atoms with Gasteiger partial charge in [0.05, 0.1) is 18.8 Å². The van der Waals surface area contributed by atoms with Crippen molar-refractivity contribution in [3.8, 4) is 5.75 Å². The molecule has 2 aliphatic heterocycles. The number of benzene rings is 2. The van der Waals surface area contributed by atoms with E-state index in [1.165, 1.54) is 4.31 Å². The van der Waals surface area contributed by atoms with E-state index in [2.05, 4.69) is 4.72 Å². The van der Waals surface area contributed by atoms with Gasteiger partial charge in [0.25, 0.3) is 5.91 Å². The minimum atomic E-state index is -3.64. The first kappa shape index (κ1) is 23.3. The number of hydrogen-bond donors (Lipinski definition) is 1. The smallest absolute Gasteiger partial charge is 0.302 e. The Labute approximate surface area is 195 Å². The Morgan fingerprint density at radius 3 is 2.48 bits per heavy atom. The molecule has 0 aliphatic carbocycles. The molecular weight excluding hydrogens is 442 g/mol. The molecule has 0 radical (unpaired) electrons. The van der Waals surface area contributed by atoms with E-state index in [1.54, 1.807) is 36.3 Å². The summed E-state index contributed by atoms with van der Waals surface area (Å²) in [5.41, 5.74) is 3.05. The lowest BCUT2D eigenvalue weighted by atomic mass is 10.0. The van der Waals surface area contributed by atoms with Crippen LogP contribution in [-0.2, 0) is 14.9 Å². The third-order valence-electron chi connectivity index (χ3n) is 5.92. The van der Waals surface area contributed by atoms with Gasteiger partial charge in [0.1, 0.15) is 18.0 Å². The normalized spacial score (nSPS) is 20.9. The number of aryl methyl sites for hydroxylation is 2. The van der Waals surface area contributed by atoms with Gasteiger partial charge in [-0.2, -0.15) is 12.7 Å². The van der Waals surface area contributed by atoms with E-state index in [4.69, 9.17) is 9.47 Å². The van der Waals surface area contributed by atoms with Crippen molar-refractivity contribution in [2.24, 2.45) is 0 Å². The first-order valence-corrected chi connectivity index (χ1v) is 12.3. The fourth-order valence-electron chi connectivity index (χ4n) is 4.06. The molecule has 9 heteroatoms. The molecular formula is C24H29N3O5S. The second kappa shape index (κ2) is 9.54. The molecule has 1 fully saturated rings.